The average Bonchev–Trinajstić information content (AvgIpc) is 3.58. The Morgan fingerprint density at radius 1 is 1.16 bits per heavy atom. The van der Waals surface area contributed by atoms with Crippen molar-refractivity contribution in [3.8, 4) is 11.3 Å². The molecule has 0 spiro atoms. The van der Waals surface area contributed by atoms with Crippen LogP contribution in [0.1, 0.15) is 53.6 Å². The van der Waals surface area contributed by atoms with Gasteiger partial charge in [-0.1, -0.05) is 18.9 Å². The standard InChI is InChI=1S/C23H26N6O2S/c1-24-21(30)6-4-2-3-5-18(29-23(31)20-13-25-14-32-20)22-27-12-19(28-22)15-7-8-17-16(11-15)9-10-26-17/h7-14,18,26H,2-6H2,1H3,(H,24,30)(H,27,28)(H,29,31). The highest BCUT2D eigenvalue weighted by Crippen LogP contribution is 2.26. The van der Waals surface area contributed by atoms with Crippen molar-refractivity contribution in [1.29, 1.82) is 0 Å². The number of aromatic amines is 2. The van der Waals surface area contributed by atoms with E-state index in [1.807, 2.05) is 24.4 Å². The molecule has 2 amide bonds. The first kappa shape index (κ1) is 21.8. The minimum absolute atomic E-state index is 0.0510. The van der Waals surface area contributed by atoms with Crippen molar-refractivity contribution >= 4 is 34.1 Å². The highest BCUT2D eigenvalue weighted by atomic mass is 32.1. The fraction of sp³-hybridized carbons (Fsp3) is 0.304. The second-order valence-corrected chi connectivity index (χ2v) is 8.51. The Labute approximate surface area is 189 Å². The van der Waals surface area contributed by atoms with Crippen LogP contribution in [0, 0.1) is 0 Å². The molecule has 1 unspecified atom stereocenters. The monoisotopic (exact) mass is 450 g/mol. The smallest absolute Gasteiger partial charge is 0.263 e. The van der Waals surface area contributed by atoms with Crippen LogP contribution in [0.2, 0.25) is 0 Å². The number of imidazole rings is 1. The van der Waals surface area contributed by atoms with Crippen LogP contribution in [0.5, 0.6) is 0 Å². The Bertz CT molecular complexity index is 1180. The average molecular weight is 451 g/mol. The Balaban J connectivity index is 1.47. The number of aromatic nitrogens is 4. The molecular formula is C23H26N6O2S. The molecule has 3 heterocycles. The molecule has 8 nitrogen and oxygen atoms in total. The van der Waals surface area contributed by atoms with Gasteiger partial charge in [0.05, 0.1) is 29.6 Å². The number of hydrogen-bond acceptors (Lipinski definition) is 5. The molecule has 0 radical (unpaired) electrons. The highest BCUT2D eigenvalue weighted by Gasteiger charge is 2.20. The molecule has 0 bridgehead atoms. The molecule has 4 aromatic rings. The van der Waals surface area contributed by atoms with E-state index in [0.29, 0.717) is 11.3 Å². The summed E-state index contributed by atoms with van der Waals surface area (Å²) in [4.78, 5) is 39.8. The summed E-state index contributed by atoms with van der Waals surface area (Å²) >= 11 is 1.31. The number of rotatable bonds is 10. The van der Waals surface area contributed by atoms with Crippen molar-refractivity contribution in [2.24, 2.45) is 0 Å². The molecule has 0 aliphatic heterocycles. The zero-order valence-electron chi connectivity index (χ0n) is 17.9. The van der Waals surface area contributed by atoms with E-state index >= 15 is 0 Å². The first-order valence-electron chi connectivity index (χ1n) is 10.7. The van der Waals surface area contributed by atoms with Crippen LogP contribution in [0.15, 0.2) is 48.4 Å². The summed E-state index contributed by atoms with van der Waals surface area (Å²) in [5.74, 6) is 0.614. The van der Waals surface area contributed by atoms with Crippen LogP contribution in [-0.4, -0.2) is 38.8 Å². The molecule has 4 rings (SSSR count). The number of fused-ring (bicyclic) bond motifs is 1. The van der Waals surface area contributed by atoms with Crippen LogP contribution in [0.4, 0.5) is 0 Å². The van der Waals surface area contributed by atoms with Gasteiger partial charge in [-0.25, -0.2) is 4.98 Å². The van der Waals surface area contributed by atoms with Crippen molar-refractivity contribution in [3.63, 3.8) is 0 Å². The lowest BCUT2D eigenvalue weighted by molar-refractivity contribution is -0.120. The van der Waals surface area contributed by atoms with Crippen molar-refractivity contribution < 1.29 is 9.59 Å². The number of amides is 2. The van der Waals surface area contributed by atoms with Gasteiger partial charge in [0.2, 0.25) is 5.91 Å². The van der Waals surface area contributed by atoms with Gasteiger partial charge in [-0.3, -0.25) is 14.6 Å². The third-order valence-corrected chi connectivity index (χ3v) is 6.20. The minimum atomic E-state index is -0.255. The van der Waals surface area contributed by atoms with E-state index in [4.69, 9.17) is 0 Å². The maximum Gasteiger partial charge on any atom is 0.263 e. The first-order valence-corrected chi connectivity index (χ1v) is 11.5. The SMILES string of the molecule is CNC(=O)CCCCCC(NC(=O)c1cncs1)c1ncc(-c2ccc3[nH]ccc3c2)[nH]1. The van der Waals surface area contributed by atoms with E-state index in [-0.39, 0.29) is 17.9 Å². The van der Waals surface area contributed by atoms with E-state index in [0.717, 1.165) is 53.7 Å². The molecule has 1 atom stereocenters. The summed E-state index contributed by atoms with van der Waals surface area (Å²) in [6, 6.07) is 7.97. The molecule has 0 aliphatic carbocycles. The van der Waals surface area contributed by atoms with Crippen LogP contribution < -0.4 is 10.6 Å². The summed E-state index contributed by atoms with van der Waals surface area (Å²) in [6.45, 7) is 0. The zero-order chi connectivity index (χ0) is 22.3. The van der Waals surface area contributed by atoms with E-state index in [1.165, 1.54) is 11.3 Å². The summed E-state index contributed by atoms with van der Waals surface area (Å²) in [5, 5.41) is 6.86. The molecule has 0 aliphatic rings. The summed E-state index contributed by atoms with van der Waals surface area (Å²) in [6.07, 6.45) is 9.12. The number of carbonyl (C=O) groups is 2. The molecule has 3 aromatic heterocycles. The molecule has 32 heavy (non-hydrogen) atoms. The van der Waals surface area contributed by atoms with Gasteiger partial charge >= 0.3 is 0 Å². The zero-order valence-corrected chi connectivity index (χ0v) is 18.7. The van der Waals surface area contributed by atoms with Gasteiger partial charge in [0.15, 0.2) is 0 Å². The molecule has 9 heteroatoms. The van der Waals surface area contributed by atoms with Gasteiger partial charge in [-0.15, -0.1) is 11.3 Å². The maximum atomic E-state index is 12.7. The lowest BCUT2D eigenvalue weighted by Gasteiger charge is -2.16. The molecule has 0 saturated heterocycles. The van der Waals surface area contributed by atoms with E-state index in [9.17, 15) is 9.59 Å². The van der Waals surface area contributed by atoms with Crippen molar-refractivity contribution in [1.82, 2.24) is 30.6 Å². The van der Waals surface area contributed by atoms with Gasteiger partial charge in [0.1, 0.15) is 10.7 Å². The second-order valence-electron chi connectivity index (χ2n) is 7.63. The Morgan fingerprint density at radius 2 is 2.06 bits per heavy atom. The fourth-order valence-corrected chi connectivity index (χ4v) is 4.17. The van der Waals surface area contributed by atoms with Crippen LogP contribution >= 0.6 is 11.3 Å². The molecule has 0 saturated carbocycles. The number of unbranched alkanes of at least 4 members (excludes halogenated alkanes) is 2. The number of nitrogens with zero attached hydrogens (tertiary/aromatic N) is 2. The summed E-state index contributed by atoms with van der Waals surface area (Å²) < 4.78 is 0. The topological polar surface area (TPSA) is 116 Å². The van der Waals surface area contributed by atoms with E-state index in [1.54, 1.807) is 25.0 Å². The van der Waals surface area contributed by atoms with Gasteiger partial charge in [0.25, 0.3) is 5.91 Å². The van der Waals surface area contributed by atoms with Crippen LogP contribution in [0.25, 0.3) is 22.2 Å². The third-order valence-electron chi connectivity index (χ3n) is 5.43. The van der Waals surface area contributed by atoms with Gasteiger partial charge in [-0.05, 0) is 31.0 Å². The molecule has 166 valence electrons. The van der Waals surface area contributed by atoms with Gasteiger partial charge < -0.3 is 20.6 Å². The van der Waals surface area contributed by atoms with Crippen LogP contribution in [-0.2, 0) is 4.79 Å². The molecule has 4 N–H and O–H groups in total. The summed E-state index contributed by atoms with van der Waals surface area (Å²) in [7, 11) is 1.65. The quantitative estimate of drug-likeness (QED) is 0.271. The lowest BCUT2D eigenvalue weighted by Crippen LogP contribution is -2.28. The Morgan fingerprint density at radius 3 is 2.88 bits per heavy atom. The number of thiazole rings is 1. The number of H-pyrrole nitrogens is 2. The number of nitrogens with one attached hydrogen (secondary N) is 4. The predicted octanol–water partition coefficient (Wildman–Crippen LogP) is 4.18. The lowest BCUT2D eigenvalue weighted by atomic mass is 10.1. The number of carbonyl (C=O) groups excluding carboxylic acids is 2. The Hall–Kier alpha value is -3.46. The summed E-state index contributed by atoms with van der Waals surface area (Å²) in [5.41, 5.74) is 4.67. The normalized spacial score (nSPS) is 12.0. The van der Waals surface area contributed by atoms with Gasteiger partial charge in [-0.2, -0.15) is 0 Å². The number of hydrogen-bond donors (Lipinski definition) is 4. The van der Waals surface area contributed by atoms with Crippen molar-refractivity contribution in [2.45, 2.75) is 38.1 Å². The van der Waals surface area contributed by atoms with E-state index in [2.05, 4.69) is 36.6 Å². The fourth-order valence-electron chi connectivity index (χ4n) is 3.65. The van der Waals surface area contributed by atoms with E-state index < -0.39 is 0 Å². The highest BCUT2D eigenvalue weighted by molar-refractivity contribution is 7.11. The Kier molecular flexibility index (Phi) is 6.96. The van der Waals surface area contributed by atoms with Crippen molar-refractivity contribution in [3.05, 3.63) is 59.1 Å². The molecule has 1 aromatic carbocycles. The molecule has 0 fully saturated rings. The minimum Gasteiger partial charge on any atom is -0.361 e. The number of benzene rings is 1. The third kappa shape index (κ3) is 5.23. The second kappa shape index (κ2) is 10.2. The first-order chi connectivity index (χ1) is 15.6. The predicted molar refractivity (Wildman–Crippen MR) is 125 cm³/mol. The van der Waals surface area contributed by atoms with Crippen molar-refractivity contribution in [2.75, 3.05) is 7.05 Å². The van der Waals surface area contributed by atoms with Gasteiger partial charge in [0, 0.05) is 36.1 Å². The largest absolute Gasteiger partial charge is 0.361 e. The molecular weight excluding hydrogens is 424 g/mol. The maximum absolute atomic E-state index is 12.7. The van der Waals surface area contributed by atoms with Crippen LogP contribution in [0.3, 0.4) is 0 Å².